The van der Waals surface area contributed by atoms with Crippen LogP contribution in [0.2, 0.25) is 0 Å². The number of rotatable bonds is 5. The van der Waals surface area contributed by atoms with Crippen molar-refractivity contribution in [3.63, 3.8) is 0 Å². The summed E-state index contributed by atoms with van der Waals surface area (Å²) >= 11 is 3.20. The molecule has 30 heavy (non-hydrogen) atoms. The molecule has 3 aromatic rings. The monoisotopic (exact) mass is 440 g/mol. The summed E-state index contributed by atoms with van der Waals surface area (Å²) in [6.07, 6.45) is 4.29. The Kier molecular flexibility index (Phi) is 5.92. The largest absolute Gasteiger partial charge is 0.338 e. The van der Waals surface area contributed by atoms with Gasteiger partial charge in [0.2, 0.25) is 5.91 Å². The summed E-state index contributed by atoms with van der Waals surface area (Å²) in [4.78, 5) is 33.7. The molecule has 9 heteroatoms. The number of carbonyl (C=O) groups excluding carboxylic acids is 1. The number of hydrogen-bond acceptors (Lipinski definition) is 8. The minimum atomic E-state index is 0.0148. The number of likely N-dealkylation sites (tertiary alicyclic amines) is 1. The fourth-order valence-electron chi connectivity index (χ4n) is 3.42. The molecule has 0 spiro atoms. The first kappa shape index (κ1) is 20.6. The maximum absolute atomic E-state index is 12.6. The van der Waals surface area contributed by atoms with Crippen molar-refractivity contribution < 1.29 is 4.79 Å². The second-order valence-electron chi connectivity index (χ2n) is 7.41. The molecule has 1 aliphatic heterocycles. The van der Waals surface area contributed by atoms with Crippen molar-refractivity contribution in [1.29, 1.82) is 0 Å². The molecule has 0 unspecified atom stereocenters. The number of nitrogens with one attached hydrogen (secondary N) is 1. The first-order valence-electron chi connectivity index (χ1n) is 9.83. The summed E-state index contributed by atoms with van der Waals surface area (Å²) in [5.74, 6) is 1.67. The molecular weight excluding hydrogens is 416 g/mol. The van der Waals surface area contributed by atoms with E-state index in [9.17, 15) is 4.79 Å². The summed E-state index contributed by atoms with van der Waals surface area (Å²) in [5, 5.41) is 7.09. The third-order valence-electron chi connectivity index (χ3n) is 5.07. The van der Waals surface area contributed by atoms with Gasteiger partial charge in [-0.2, -0.15) is 0 Å². The molecule has 0 saturated carbocycles. The average molecular weight is 441 g/mol. The molecule has 0 radical (unpaired) electrons. The van der Waals surface area contributed by atoms with E-state index in [-0.39, 0.29) is 11.8 Å². The van der Waals surface area contributed by atoms with E-state index in [1.165, 1.54) is 4.88 Å². The smallest absolute Gasteiger partial charge is 0.246 e. The van der Waals surface area contributed by atoms with Gasteiger partial charge in [-0.1, -0.05) is 0 Å². The fourth-order valence-corrected chi connectivity index (χ4v) is 4.82. The Balaban J connectivity index is 1.43. The molecule has 0 bridgehead atoms. The lowest BCUT2D eigenvalue weighted by molar-refractivity contribution is -0.124. The molecule has 156 valence electrons. The lowest BCUT2D eigenvalue weighted by Gasteiger charge is -2.15. The summed E-state index contributed by atoms with van der Waals surface area (Å²) in [7, 11) is 0. The Hall–Kier alpha value is -2.65. The van der Waals surface area contributed by atoms with Crippen molar-refractivity contribution in [2.24, 2.45) is 0 Å². The van der Waals surface area contributed by atoms with Crippen LogP contribution in [0.3, 0.4) is 0 Å². The van der Waals surface area contributed by atoms with E-state index in [2.05, 4.69) is 32.2 Å². The van der Waals surface area contributed by atoms with Crippen LogP contribution in [0.4, 0.5) is 10.9 Å². The second-order valence-corrected chi connectivity index (χ2v) is 9.67. The second kappa shape index (κ2) is 8.61. The highest BCUT2D eigenvalue weighted by molar-refractivity contribution is 7.15. The number of nitrogens with zero attached hydrogens (tertiary/aromatic N) is 5. The Morgan fingerprint density at radius 2 is 2.03 bits per heavy atom. The molecule has 1 atom stereocenters. The van der Waals surface area contributed by atoms with Crippen molar-refractivity contribution in [2.45, 2.75) is 40.0 Å². The Morgan fingerprint density at radius 1 is 1.20 bits per heavy atom. The minimum absolute atomic E-state index is 0.0148. The number of aromatic nitrogens is 4. The van der Waals surface area contributed by atoms with Crippen LogP contribution in [-0.2, 0) is 4.79 Å². The van der Waals surface area contributed by atoms with E-state index in [1.807, 2.05) is 37.1 Å². The first-order valence-corrected chi connectivity index (χ1v) is 11.5. The molecule has 7 nitrogen and oxygen atoms in total. The van der Waals surface area contributed by atoms with E-state index in [1.54, 1.807) is 34.8 Å². The zero-order valence-electron chi connectivity index (χ0n) is 17.5. The highest BCUT2D eigenvalue weighted by atomic mass is 32.1. The summed E-state index contributed by atoms with van der Waals surface area (Å²) in [6, 6.07) is 1.98. The van der Waals surface area contributed by atoms with Crippen LogP contribution in [0.25, 0.3) is 6.08 Å². The van der Waals surface area contributed by atoms with Crippen LogP contribution in [0.5, 0.6) is 0 Å². The predicted octanol–water partition coefficient (Wildman–Crippen LogP) is 4.40. The molecular formula is C21H24N6OS2. The lowest BCUT2D eigenvalue weighted by Crippen LogP contribution is -2.26. The molecule has 4 heterocycles. The number of thiazole rings is 2. The molecule has 3 aromatic heterocycles. The lowest BCUT2D eigenvalue weighted by atomic mass is 10.0. The van der Waals surface area contributed by atoms with Gasteiger partial charge >= 0.3 is 0 Å². The van der Waals surface area contributed by atoms with Gasteiger partial charge in [-0.3, -0.25) is 4.79 Å². The molecule has 1 amide bonds. The van der Waals surface area contributed by atoms with Gasteiger partial charge in [-0.15, -0.1) is 22.7 Å². The maximum Gasteiger partial charge on any atom is 0.246 e. The Bertz CT molecular complexity index is 1080. The number of carbonyl (C=O) groups is 1. The number of hydrogen-bond donors (Lipinski definition) is 1. The van der Waals surface area contributed by atoms with E-state index in [0.29, 0.717) is 12.4 Å². The predicted molar refractivity (Wildman–Crippen MR) is 121 cm³/mol. The van der Waals surface area contributed by atoms with Crippen LogP contribution < -0.4 is 5.32 Å². The van der Waals surface area contributed by atoms with Crippen LogP contribution >= 0.6 is 22.7 Å². The molecule has 0 aromatic carbocycles. The summed E-state index contributed by atoms with van der Waals surface area (Å²) < 4.78 is 0. The van der Waals surface area contributed by atoms with Crippen molar-refractivity contribution in [1.82, 2.24) is 24.8 Å². The van der Waals surface area contributed by atoms with E-state index in [4.69, 9.17) is 0 Å². The van der Waals surface area contributed by atoms with Gasteiger partial charge in [0.05, 0.1) is 22.1 Å². The molecule has 1 fully saturated rings. The van der Waals surface area contributed by atoms with Gasteiger partial charge in [0, 0.05) is 41.4 Å². The average Bonchev–Trinajstić information content (AvgIpc) is 3.41. The fraction of sp³-hybridized carbons (Fsp3) is 0.381. The van der Waals surface area contributed by atoms with Crippen LogP contribution in [0.1, 0.15) is 45.1 Å². The summed E-state index contributed by atoms with van der Waals surface area (Å²) in [6.45, 7) is 9.29. The van der Waals surface area contributed by atoms with Gasteiger partial charge in [-0.05, 0) is 40.2 Å². The quantitative estimate of drug-likeness (QED) is 0.592. The Labute approximate surface area is 183 Å². The van der Waals surface area contributed by atoms with Crippen LogP contribution in [0.15, 0.2) is 17.5 Å². The normalized spacial score (nSPS) is 16.5. The van der Waals surface area contributed by atoms with Crippen molar-refractivity contribution in [2.75, 3.05) is 18.4 Å². The van der Waals surface area contributed by atoms with Crippen molar-refractivity contribution >= 4 is 45.6 Å². The van der Waals surface area contributed by atoms with E-state index >= 15 is 0 Å². The van der Waals surface area contributed by atoms with Crippen LogP contribution in [0, 0.1) is 27.7 Å². The van der Waals surface area contributed by atoms with E-state index in [0.717, 1.165) is 46.0 Å². The molecule has 1 aliphatic rings. The zero-order chi connectivity index (χ0) is 21.3. The van der Waals surface area contributed by atoms with Crippen molar-refractivity contribution in [3.8, 4) is 0 Å². The molecule has 4 rings (SSSR count). The highest BCUT2D eigenvalue weighted by Gasteiger charge is 2.28. The maximum atomic E-state index is 12.6. The SMILES string of the molecule is Cc1nc(Nc2nc(C)c(C)s2)cc([C@H]2CCN(C(=O)/C=C/c3csc(C)n3)C2)n1. The molecule has 1 N–H and O–H groups in total. The number of aryl methyl sites for hydroxylation is 4. The zero-order valence-corrected chi connectivity index (χ0v) is 19.1. The van der Waals surface area contributed by atoms with Gasteiger partial charge in [0.15, 0.2) is 5.13 Å². The summed E-state index contributed by atoms with van der Waals surface area (Å²) in [5.41, 5.74) is 2.82. The standard InChI is InChI=1S/C21H24N6OS2/c1-12-13(2)30-21(22-12)26-19-9-18(23-14(3)24-19)16-7-8-27(10-16)20(28)6-5-17-11-29-15(4)25-17/h5-6,9,11,16H,7-8,10H2,1-4H3,(H,22,23,24,26)/b6-5+/t16-/m0/s1. The number of anilines is 2. The molecule has 1 saturated heterocycles. The van der Waals surface area contributed by atoms with Gasteiger partial charge < -0.3 is 10.2 Å². The Morgan fingerprint density at radius 3 is 2.73 bits per heavy atom. The first-order chi connectivity index (χ1) is 14.4. The number of amides is 1. The topological polar surface area (TPSA) is 83.9 Å². The van der Waals surface area contributed by atoms with Crippen molar-refractivity contribution in [3.05, 3.63) is 50.3 Å². The third-order valence-corrected chi connectivity index (χ3v) is 6.85. The van der Waals surface area contributed by atoms with E-state index < -0.39 is 0 Å². The minimum Gasteiger partial charge on any atom is -0.338 e. The van der Waals surface area contributed by atoms with Crippen LogP contribution in [-0.4, -0.2) is 43.8 Å². The third kappa shape index (κ3) is 4.73. The highest BCUT2D eigenvalue weighted by Crippen LogP contribution is 2.29. The van der Waals surface area contributed by atoms with Gasteiger partial charge in [-0.25, -0.2) is 19.9 Å². The van der Waals surface area contributed by atoms with Gasteiger partial charge in [0.25, 0.3) is 0 Å². The molecule has 0 aliphatic carbocycles. The van der Waals surface area contributed by atoms with Gasteiger partial charge in [0.1, 0.15) is 11.6 Å².